The summed E-state index contributed by atoms with van der Waals surface area (Å²) in [4.78, 5) is 14.3. The predicted molar refractivity (Wildman–Crippen MR) is 73.4 cm³/mol. The maximum absolute atomic E-state index is 12.0. The third-order valence-electron chi connectivity index (χ3n) is 2.85. The molecule has 0 amide bonds. The number of piperidine rings is 1. The molecular weight excluding hydrogens is 282 g/mol. The van der Waals surface area contributed by atoms with Crippen molar-refractivity contribution in [3.8, 4) is 0 Å². The summed E-state index contributed by atoms with van der Waals surface area (Å²) in [5, 5.41) is 1.03. The van der Waals surface area contributed by atoms with E-state index in [0.717, 1.165) is 44.2 Å². The molecule has 0 aliphatic carbocycles. The van der Waals surface area contributed by atoms with Crippen LogP contribution in [0, 0.1) is 5.92 Å². The number of ether oxygens (including phenoxy) is 1. The SMILES string of the molecule is CC(C)(C)OC(=O)C1CCCN(CCCBr)C1. The normalized spacial score (nSPS) is 22.5. The van der Waals surface area contributed by atoms with Crippen molar-refractivity contribution in [1.82, 2.24) is 4.90 Å². The molecule has 1 atom stereocenters. The second-order valence-electron chi connectivity index (χ2n) is 5.72. The maximum atomic E-state index is 12.0. The Morgan fingerprint density at radius 3 is 2.76 bits per heavy atom. The number of hydrogen-bond acceptors (Lipinski definition) is 3. The summed E-state index contributed by atoms with van der Waals surface area (Å²) in [5.74, 6) is 0.0411. The molecule has 4 heteroatoms. The molecule has 0 N–H and O–H groups in total. The first-order chi connectivity index (χ1) is 7.92. The minimum absolute atomic E-state index is 0.0268. The van der Waals surface area contributed by atoms with Gasteiger partial charge in [-0.05, 0) is 53.1 Å². The van der Waals surface area contributed by atoms with Crippen LogP contribution in [0.15, 0.2) is 0 Å². The van der Waals surface area contributed by atoms with Gasteiger partial charge in [-0.1, -0.05) is 15.9 Å². The molecule has 1 unspecified atom stereocenters. The van der Waals surface area contributed by atoms with E-state index in [1.54, 1.807) is 0 Å². The van der Waals surface area contributed by atoms with Crippen LogP contribution >= 0.6 is 15.9 Å². The van der Waals surface area contributed by atoms with Gasteiger partial charge in [0.2, 0.25) is 0 Å². The van der Waals surface area contributed by atoms with Crippen LogP contribution < -0.4 is 0 Å². The summed E-state index contributed by atoms with van der Waals surface area (Å²) in [6, 6.07) is 0. The van der Waals surface area contributed by atoms with Crippen molar-refractivity contribution in [2.45, 2.75) is 45.6 Å². The fraction of sp³-hybridized carbons (Fsp3) is 0.923. The molecule has 1 saturated heterocycles. The van der Waals surface area contributed by atoms with Crippen LogP contribution in [0.5, 0.6) is 0 Å². The van der Waals surface area contributed by atoms with Crippen molar-refractivity contribution in [3.05, 3.63) is 0 Å². The van der Waals surface area contributed by atoms with Gasteiger partial charge in [0.25, 0.3) is 0 Å². The zero-order valence-corrected chi connectivity index (χ0v) is 12.8. The van der Waals surface area contributed by atoms with E-state index < -0.39 is 0 Å². The third-order valence-corrected chi connectivity index (χ3v) is 3.41. The van der Waals surface area contributed by atoms with Crippen LogP contribution in [0.1, 0.15) is 40.0 Å². The molecular formula is C13H24BrNO2. The van der Waals surface area contributed by atoms with E-state index in [4.69, 9.17) is 4.74 Å². The molecule has 0 aromatic carbocycles. The Labute approximate surface area is 113 Å². The van der Waals surface area contributed by atoms with Crippen molar-refractivity contribution in [2.24, 2.45) is 5.92 Å². The van der Waals surface area contributed by atoms with Crippen molar-refractivity contribution in [1.29, 1.82) is 0 Å². The van der Waals surface area contributed by atoms with Crippen molar-refractivity contribution < 1.29 is 9.53 Å². The molecule has 0 radical (unpaired) electrons. The highest BCUT2D eigenvalue weighted by molar-refractivity contribution is 9.09. The van der Waals surface area contributed by atoms with Crippen LogP contribution in [0.25, 0.3) is 0 Å². The van der Waals surface area contributed by atoms with E-state index in [1.807, 2.05) is 20.8 Å². The van der Waals surface area contributed by atoms with E-state index in [1.165, 1.54) is 0 Å². The molecule has 17 heavy (non-hydrogen) atoms. The molecule has 100 valence electrons. The van der Waals surface area contributed by atoms with Crippen molar-refractivity contribution in [3.63, 3.8) is 0 Å². The minimum atomic E-state index is -0.366. The summed E-state index contributed by atoms with van der Waals surface area (Å²) < 4.78 is 5.46. The fourth-order valence-corrected chi connectivity index (χ4v) is 2.37. The molecule has 1 rings (SSSR count). The van der Waals surface area contributed by atoms with Crippen LogP contribution in [-0.4, -0.2) is 41.4 Å². The highest BCUT2D eigenvalue weighted by Crippen LogP contribution is 2.20. The highest BCUT2D eigenvalue weighted by atomic mass is 79.9. The zero-order chi connectivity index (χ0) is 12.9. The average molecular weight is 306 g/mol. The maximum Gasteiger partial charge on any atom is 0.310 e. The lowest BCUT2D eigenvalue weighted by Crippen LogP contribution is -2.41. The van der Waals surface area contributed by atoms with E-state index in [9.17, 15) is 4.79 Å². The van der Waals surface area contributed by atoms with Gasteiger partial charge < -0.3 is 9.64 Å². The minimum Gasteiger partial charge on any atom is -0.460 e. The van der Waals surface area contributed by atoms with Gasteiger partial charge in [0.15, 0.2) is 0 Å². The van der Waals surface area contributed by atoms with Gasteiger partial charge in [-0.3, -0.25) is 4.79 Å². The highest BCUT2D eigenvalue weighted by Gasteiger charge is 2.29. The molecule has 0 bridgehead atoms. The number of esters is 1. The van der Waals surface area contributed by atoms with Gasteiger partial charge in [0.05, 0.1) is 5.92 Å². The number of alkyl halides is 1. The number of likely N-dealkylation sites (tertiary alicyclic amines) is 1. The Morgan fingerprint density at radius 2 is 2.18 bits per heavy atom. The molecule has 3 nitrogen and oxygen atoms in total. The number of nitrogens with zero attached hydrogens (tertiary/aromatic N) is 1. The number of halogens is 1. The number of carbonyl (C=O) groups excluding carboxylic acids is 1. The number of carbonyl (C=O) groups is 1. The number of hydrogen-bond donors (Lipinski definition) is 0. The lowest BCUT2D eigenvalue weighted by Gasteiger charge is -2.33. The van der Waals surface area contributed by atoms with Gasteiger partial charge in [0.1, 0.15) is 5.60 Å². The monoisotopic (exact) mass is 305 g/mol. The third kappa shape index (κ3) is 5.87. The smallest absolute Gasteiger partial charge is 0.310 e. The molecule has 1 heterocycles. The van der Waals surface area contributed by atoms with Gasteiger partial charge in [0, 0.05) is 11.9 Å². The molecule has 1 fully saturated rings. The van der Waals surface area contributed by atoms with Crippen LogP contribution in [0.4, 0.5) is 0 Å². The van der Waals surface area contributed by atoms with Gasteiger partial charge >= 0.3 is 5.97 Å². The summed E-state index contributed by atoms with van der Waals surface area (Å²) >= 11 is 3.44. The molecule has 0 aromatic heterocycles. The second-order valence-corrected chi connectivity index (χ2v) is 6.51. The molecule has 0 aromatic rings. The molecule has 0 saturated carbocycles. The van der Waals surface area contributed by atoms with Gasteiger partial charge in [-0.15, -0.1) is 0 Å². The first-order valence-corrected chi connectivity index (χ1v) is 7.55. The number of rotatable bonds is 4. The summed E-state index contributed by atoms with van der Waals surface area (Å²) in [7, 11) is 0. The zero-order valence-electron chi connectivity index (χ0n) is 11.2. The van der Waals surface area contributed by atoms with Crippen LogP contribution in [-0.2, 0) is 9.53 Å². The van der Waals surface area contributed by atoms with Crippen LogP contribution in [0.2, 0.25) is 0 Å². The van der Waals surface area contributed by atoms with Gasteiger partial charge in [-0.2, -0.15) is 0 Å². The second kappa shape index (κ2) is 6.74. The first-order valence-electron chi connectivity index (χ1n) is 6.43. The Kier molecular flexibility index (Phi) is 5.93. The Morgan fingerprint density at radius 1 is 1.47 bits per heavy atom. The molecule has 0 spiro atoms. The summed E-state index contributed by atoms with van der Waals surface area (Å²) in [5.41, 5.74) is -0.366. The Bertz CT molecular complexity index is 250. The summed E-state index contributed by atoms with van der Waals surface area (Å²) in [6.07, 6.45) is 3.22. The Balaban J connectivity index is 2.40. The predicted octanol–water partition coefficient (Wildman–Crippen LogP) is 2.83. The van der Waals surface area contributed by atoms with Crippen molar-refractivity contribution >= 4 is 21.9 Å². The van der Waals surface area contributed by atoms with Crippen molar-refractivity contribution in [2.75, 3.05) is 25.0 Å². The fourth-order valence-electron chi connectivity index (χ4n) is 2.12. The van der Waals surface area contributed by atoms with E-state index in [2.05, 4.69) is 20.8 Å². The average Bonchev–Trinajstić information content (AvgIpc) is 2.24. The largest absolute Gasteiger partial charge is 0.460 e. The Hall–Kier alpha value is -0.0900. The topological polar surface area (TPSA) is 29.5 Å². The van der Waals surface area contributed by atoms with E-state index >= 15 is 0 Å². The lowest BCUT2D eigenvalue weighted by molar-refractivity contribution is -0.161. The molecule has 1 aliphatic rings. The van der Waals surface area contributed by atoms with E-state index in [-0.39, 0.29) is 17.5 Å². The summed E-state index contributed by atoms with van der Waals surface area (Å²) in [6.45, 7) is 8.84. The standard InChI is InChI=1S/C13H24BrNO2/c1-13(2,3)17-12(16)11-6-4-8-15(10-11)9-5-7-14/h11H,4-10H2,1-3H3. The molecule has 1 aliphatic heterocycles. The first kappa shape index (κ1) is 15.0. The van der Waals surface area contributed by atoms with Crippen LogP contribution in [0.3, 0.4) is 0 Å². The lowest BCUT2D eigenvalue weighted by atomic mass is 9.97. The van der Waals surface area contributed by atoms with E-state index in [0.29, 0.717) is 0 Å². The quantitative estimate of drug-likeness (QED) is 0.591. The van der Waals surface area contributed by atoms with Gasteiger partial charge in [-0.25, -0.2) is 0 Å².